The quantitative estimate of drug-likeness (QED) is 0.438. The summed E-state index contributed by atoms with van der Waals surface area (Å²) < 4.78 is 10.7. The maximum absolute atomic E-state index is 13.7. The van der Waals surface area contributed by atoms with Gasteiger partial charge in [-0.05, 0) is 67.4 Å². The van der Waals surface area contributed by atoms with Gasteiger partial charge in [-0.25, -0.2) is 4.90 Å². The number of anilines is 1. The van der Waals surface area contributed by atoms with Crippen LogP contribution in [0.15, 0.2) is 66.7 Å². The van der Waals surface area contributed by atoms with Crippen molar-refractivity contribution in [1.29, 1.82) is 5.26 Å². The summed E-state index contributed by atoms with van der Waals surface area (Å²) in [5, 5.41) is 9.06. The first-order valence-electron chi connectivity index (χ1n) is 11.8. The summed E-state index contributed by atoms with van der Waals surface area (Å²) in [6, 6.07) is 20.0. The third kappa shape index (κ3) is 5.31. The second kappa shape index (κ2) is 11.0. The van der Waals surface area contributed by atoms with E-state index in [2.05, 4.69) is 0 Å². The van der Waals surface area contributed by atoms with Gasteiger partial charge in [-0.15, -0.1) is 0 Å². The van der Waals surface area contributed by atoms with Gasteiger partial charge in [-0.2, -0.15) is 5.26 Å². The molecule has 0 spiro atoms. The van der Waals surface area contributed by atoms with Gasteiger partial charge in [0.25, 0.3) is 11.8 Å². The van der Waals surface area contributed by atoms with E-state index in [9.17, 15) is 14.4 Å². The number of methoxy groups -OCH3 is 2. The van der Waals surface area contributed by atoms with Gasteiger partial charge in [0, 0.05) is 12.1 Å². The molecule has 4 rings (SSSR count). The molecule has 1 saturated heterocycles. The number of benzene rings is 3. The molecular formula is C29H27N3O5. The van der Waals surface area contributed by atoms with E-state index in [-0.39, 0.29) is 18.9 Å². The Kier molecular flexibility index (Phi) is 7.54. The monoisotopic (exact) mass is 497 g/mol. The number of carbonyl (C=O) groups is 3. The lowest BCUT2D eigenvalue weighted by molar-refractivity contribution is -0.122. The molecule has 0 radical (unpaired) electrons. The molecule has 1 atom stereocenters. The van der Waals surface area contributed by atoms with Crippen LogP contribution in [0.1, 0.15) is 33.5 Å². The normalized spacial score (nSPS) is 14.9. The zero-order chi connectivity index (χ0) is 26.5. The van der Waals surface area contributed by atoms with Gasteiger partial charge < -0.3 is 14.4 Å². The molecule has 0 aliphatic carbocycles. The van der Waals surface area contributed by atoms with Crippen LogP contribution < -0.4 is 14.4 Å². The van der Waals surface area contributed by atoms with E-state index in [0.717, 1.165) is 16.0 Å². The molecule has 0 bridgehead atoms. The summed E-state index contributed by atoms with van der Waals surface area (Å²) in [7, 11) is 3.11. The zero-order valence-corrected chi connectivity index (χ0v) is 20.9. The van der Waals surface area contributed by atoms with E-state index in [0.29, 0.717) is 34.7 Å². The number of amides is 3. The van der Waals surface area contributed by atoms with Gasteiger partial charge in [0.2, 0.25) is 5.91 Å². The number of nitrogens with zero attached hydrogens (tertiary/aromatic N) is 3. The van der Waals surface area contributed by atoms with Crippen molar-refractivity contribution in [2.45, 2.75) is 25.8 Å². The van der Waals surface area contributed by atoms with E-state index in [4.69, 9.17) is 14.7 Å². The molecule has 3 amide bonds. The molecule has 37 heavy (non-hydrogen) atoms. The predicted molar refractivity (Wildman–Crippen MR) is 138 cm³/mol. The van der Waals surface area contributed by atoms with Crippen molar-refractivity contribution in [2.24, 2.45) is 0 Å². The number of carbonyl (C=O) groups excluding carboxylic acids is 3. The fourth-order valence-electron chi connectivity index (χ4n) is 4.44. The average Bonchev–Trinajstić information content (AvgIpc) is 3.21. The van der Waals surface area contributed by atoms with Crippen molar-refractivity contribution in [3.05, 3.63) is 89.0 Å². The molecule has 1 fully saturated rings. The second-order valence-corrected chi connectivity index (χ2v) is 8.75. The van der Waals surface area contributed by atoms with Gasteiger partial charge in [-0.3, -0.25) is 14.4 Å². The minimum Gasteiger partial charge on any atom is -0.493 e. The SMILES string of the molecule is COc1ccc(CCN(C(=O)c2cccc(C)c2)C2CC(=O)N(c3ccc(C#N)cc3)C2=O)cc1OC. The van der Waals surface area contributed by atoms with Crippen LogP contribution >= 0.6 is 0 Å². The largest absolute Gasteiger partial charge is 0.493 e. The van der Waals surface area contributed by atoms with Crippen molar-refractivity contribution in [2.75, 3.05) is 25.7 Å². The van der Waals surface area contributed by atoms with E-state index < -0.39 is 17.9 Å². The highest BCUT2D eigenvalue weighted by Gasteiger charge is 2.44. The van der Waals surface area contributed by atoms with Crippen LogP contribution in [0.3, 0.4) is 0 Å². The lowest BCUT2D eigenvalue weighted by Gasteiger charge is -2.28. The Balaban J connectivity index is 1.64. The van der Waals surface area contributed by atoms with E-state index in [1.807, 2.05) is 31.2 Å². The first-order chi connectivity index (χ1) is 17.9. The van der Waals surface area contributed by atoms with Crippen molar-refractivity contribution < 1.29 is 23.9 Å². The molecule has 3 aromatic rings. The van der Waals surface area contributed by atoms with Crippen LogP contribution in [-0.4, -0.2) is 49.4 Å². The maximum Gasteiger partial charge on any atom is 0.257 e. The molecule has 0 saturated carbocycles. The fourth-order valence-corrected chi connectivity index (χ4v) is 4.44. The van der Waals surface area contributed by atoms with Crippen molar-refractivity contribution in [3.8, 4) is 17.6 Å². The highest BCUT2D eigenvalue weighted by Crippen LogP contribution is 2.30. The summed E-state index contributed by atoms with van der Waals surface area (Å²) in [6.07, 6.45) is 0.315. The van der Waals surface area contributed by atoms with Crippen LogP contribution in [0.4, 0.5) is 5.69 Å². The minimum absolute atomic E-state index is 0.123. The van der Waals surface area contributed by atoms with Gasteiger partial charge in [0.1, 0.15) is 6.04 Å². The Morgan fingerprint density at radius 1 is 1.03 bits per heavy atom. The third-order valence-electron chi connectivity index (χ3n) is 6.37. The summed E-state index contributed by atoms with van der Waals surface area (Å²) in [5.41, 5.74) is 3.05. The number of aryl methyl sites for hydroxylation is 1. The number of nitriles is 1. The van der Waals surface area contributed by atoms with Crippen molar-refractivity contribution >= 4 is 23.4 Å². The Morgan fingerprint density at radius 2 is 1.76 bits per heavy atom. The van der Waals surface area contributed by atoms with Crippen LogP contribution in [0.25, 0.3) is 0 Å². The molecular weight excluding hydrogens is 470 g/mol. The molecule has 0 aromatic heterocycles. The van der Waals surface area contributed by atoms with Crippen molar-refractivity contribution in [1.82, 2.24) is 4.90 Å². The third-order valence-corrected chi connectivity index (χ3v) is 6.37. The lowest BCUT2D eigenvalue weighted by atomic mass is 10.1. The molecule has 8 nitrogen and oxygen atoms in total. The summed E-state index contributed by atoms with van der Waals surface area (Å²) in [4.78, 5) is 42.7. The summed E-state index contributed by atoms with van der Waals surface area (Å²) in [5.74, 6) is -0.0304. The molecule has 3 aromatic carbocycles. The number of rotatable bonds is 8. The number of ether oxygens (including phenoxy) is 2. The number of hydrogen-bond acceptors (Lipinski definition) is 6. The molecule has 1 aliphatic heterocycles. The number of imide groups is 1. The molecule has 1 unspecified atom stereocenters. The van der Waals surface area contributed by atoms with Gasteiger partial charge in [0.05, 0.1) is 38.0 Å². The summed E-state index contributed by atoms with van der Waals surface area (Å²) in [6.45, 7) is 2.11. The average molecular weight is 498 g/mol. The topological polar surface area (TPSA) is 99.9 Å². The van der Waals surface area contributed by atoms with Crippen LogP contribution in [-0.2, 0) is 16.0 Å². The second-order valence-electron chi connectivity index (χ2n) is 8.75. The van der Waals surface area contributed by atoms with Crippen LogP contribution in [0.2, 0.25) is 0 Å². The fraction of sp³-hybridized carbons (Fsp3) is 0.241. The first-order valence-corrected chi connectivity index (χ1v) is 11.8. The molecule has 8 heteroatoms. The van der Waals surface area contributed by atoms with Crippen LogP contribution in [0, 0.1) is 18.3 Å². The zero-order valence-electron chi connectivity index (χ0n) is 20.9. The maximum atomic E-state index is 13.7. The Labute approximate surface area is 215 Å². The van der Waals surface area contributed by atoms with Gasteiger partial charge >= 0.3 is 0 Å². The molecule has 1 aliphatic rings. The first kappa shape index (κ1) is 25.5. The van der Waals surface area contributed by atoms with Crippen LogP contribution in [0.5, 0.6) is 11.5 Å². The molecule has 188 valence electrons. The Morgan fingerprint density at radius 3 is 2.41 bits per heavy atom. The summed E-state index contributed by atoms with van der Waals surface area (Å²) >= 11 is 0. The highest BCUT2D eigenvalue weighted by molar-refractivity contribution is 6.23. The molecule has 0 N–H and O–H groups in total. The highest BCUT2D eigenvalue weighted by atomic mass is 16.5. The van der Waals surface area contributed by atoms with E-state index in [1.54, 1.807) is 62.8 Å². The Hall–Kier alpha value is -4.64. The standard InChI is InChI=1S/C29H27N3O5/c1-19-5-4-6-22(15-19)28(34)31(14-13-20-9-12-25(36-2)26(16-20)37-3)24-17-27(33)32(29(24)35)23-10-7-21(18-30)8-11-23/h4-12,15-16,24H,13-14,17H2,1-3H3. The number of hydrogen-bond donors (Lipinski definition) is 0. The molecule has 1 heterocycles. The minimum atomic E-state index is -0.948. The lowest BCUT2D eigenvalue weighted by Crippen LogP contribution is -2.46. The van der Waals surface area contributed by atoms with E-state index >= 15 is 0 Å². The van der Waals surface area contributed by atoms with Gasteiger partial charge in [-0.1, -0.05) is 23.8 Å². The Bertz CT molecular complexity index is 1380. The predicted octanol–water partition coefficient (Wildman–Crippen LogP) is 3.90. The smallest absolute Gasteiger partial charge is 0.257 e. The van der Waals surface area contributed by atoms with E-state index in [1.165, 1.54) is 4.90 Å². The van der Waals surface area contributed by atoms with Gasteiger partial charge in [0.15, 0.2) is 11.5 Å². The van der Waals surface area contributed by atoms with Crippen molar-refractivity contribution in [3.63, 3.8) is 0 Å².